The molecule has 0 unspecified atom stereocenters. The maximum Gasteiger partial charge on any atom is 0.267 e. The number of carbonyl (C=O) groups excluding carboxylic acids is 1. The summed E-state index contributed by atoms with van der Waals surface area (Å²) in [5.74, 6) is 0.148. The van der Waals surface area contributed by atoms with E-state index in [1.165, 1.54) is 22.9 Å². The largest absolute Gasteiger partial charge is 0.368 e. The summed E-state index contributed by atoms with van der Waals surface area (Å²) in [5, 5.41) is 7.25. The zero-order chi connectivity index (χ0) is 22.5. The lowest BCUT2D eigenvalue weighted by molar-refractivity contribution is -0.122. The maximum absolute atomic E-state index is 13.2. The molecule has 0 spiro atoms. The number of halogens is 1. The van der Waals surface area contributed by atoms with Crippen LogP contribution in [0.2, 0.25) is 0 Å². The van der Waals surface area contributed by atoms with Gasteiger partial charge < -0.3 is 15.1 Å². The number of hydrogen-bond donors (Lipinski definition) is 1. The average molecular weight is 436 g/mol. The molecule has 1 saturated heterocycles. The van der Waals surface area contributed by atoms with Gasteiger partial charge in [0.1, 0.15) is 18.2 Å². The second-order valence-electron chi connectivity index (χ2n) is 7.90. The molecule has 1 aliphatic rings. The van der Waals surface area contributed by atoms with Gasteiger partial charge in [0.25, 0.3) is 5.56 Å². The predicted octanol–water partition coefficient (Wildman–Crippen LogP) is 2.33. The summed E-state index contributed by atoms with van der Waals surface area (Å²) in [6.07, 6.45) is 0. The number of aryl methyl sites for hydroxylation is 1. The standard InChI is InChI=1S/C24H26FN5O2/c1-18-2-4-19(5-3-18)16-26-23(31)17-30-24(32)11-10-22(27-30)29-14-12-28(13-15-29)21-8-6-20(25)7-9-21/h2-11H,12-17H2,1H3,(H,26,31). The Kier molecular flexibility index (Phi) is 6.49. The van der Waals surface area contributed by atoms with Crippen LogP contribution >= 0.6 is 0 Å². The first kappa shape index (κ1) is 21.5. The highest BCUT2D eigenvalue weighted by Gasteiger charge is 2.19. The first-order valence-electron chi connectivity index (χ1n) is 10.6. The van der Waals surface area contributed by atoms with E-state index in [0.29, 0.717) is 25.5 Å². The van der Waals surface area contributed by atoms with E-state index in [1.807, 2.05) is 31.2 Å². The van der Waals surface area contributed by atoms with Crippen LogP contribution in [0.1, 0.15) is 11.1 Å². The molecule has 0 atom stereocenters. The van der Waals surface area contributed by atoms with Crippen LogP contribution in [0.4, 0.5) is 15.9 Å². The molecule has 0 aliphatic carbocycles. The second-order valence-corrected chi connectivity index (χ2v) is 7.90. The molecule has 1 fully saturated rings. The third kappa shape index (κ3) is 5.32. The molecular formula is C24H26FN5O2. The van der Waals surface area contributed by atoms with Gasteiger partial charge in [-0.15, -0.1) is 0 Å². The zero-order valence-corrected chi connectivity index (χ0v) is 18.0. The molecule has 7 nitrogen and oxygen atoms in total. The monoisotopic (exact) mass is 435 g/mol. The van der Waals surface area contributed by atoms with E-state index in [0.717, 1.165) is 29.9 Å². The minimum atomic E-state index is -0.316. The van der Waals surface area contributed by atoms with E-state index in [4.69, 9.17) is 0 Å². The topological polar surface area (TPSA) is 70.5 Å². The molecule has 4 rings (SSSR count). The smallest absolute Gasteiger partial charge is 0.267 e. The molecule has 32 heavy (non-hydrogen) atoms. The highest BCUT2D eigenvalue weighted by atomic mass is 19.1. The van der Waals surface area contributed by atoms with Gasteiger partial charge in [0.15, 0.2) is 0 Å². The summed E-state index contributed by atoms with van der Waals surface area (Å²) < 4.78 is 14.4. The number of anilines is 2. The van der Waals surface area contributed by atoms with E-state index >= 15 is 0 Å². The molecule has 166 valence electrons. The minimum absolute atomic E-state index is 0.131. The number of carbonyl (C=O) groups is 1. The van der Waals surface area contributed by atoms with Gasteiger partial charge in [0, 0.05) is 44.5 Å². The molecule has 2 heterocycles. The van der Waals surface area contributed by atoms with Crippen molar-refractivity contribution in [2.75, 3.05) is 36.0 Å². The first-order chi connectivity index (χ1) is 15.5. The molecule has 0 saturated carbocycles. The van der Waals surface area contributed by atoms with Gasteiger partial charge in [-0.05, 0) is 42.8 Å². The summed E-state index contributed by atoms with van der Waals surface area (Å²) in [6, 6.07) is 17.5. The van der Waals surface area contributed by atoms with Crippen molar-refractivity contribution in [3.8, 4) is 0 Å². The van der Waals surface area contributed by atoms with E-state index in [9.17, 15) is 14.0 Å². The number of piperazine rings is 1. The van der Waals surface area contributed by atoms with Gasteiger partial charge in [0.2, 0.25) is 5.91 Å². The third-order valence-corrected chi connectivity index (χ3v) is 5.55. The lowest BCUT2D eigenvalue weighted by Crippen LogP contribution is -2.47. The second kappa shape index (κ2) is 9.64. The Bertz CT molecular complexity index is 1120. The molecular weight excluding hydrogens is 409 g/mol. The van der Waals surface area contributed by atoms with Crippen molar-refractivity contribution < 1.29 is 9.18 Å². The number of hydrogen-bond acceptors (Lipinski definition) is 5. The highest BCUT2D eigenvalue weighted by molar-refractivity contribution is 5.75. The van der Waals surface area contributed by atoms with Crippen LogP contribution < -0.4 is 20.7 Å². The van der Waals surface area contributed by atoms with Crippen LogP contribution in [0.15, 0.2) is 65.5 Å². The molecule has 3 aromatic rings. The summed E-state index contributed by atoms with van der Waals surface area (Å²) in [7, 11) is 0. The Morgan fingerprint density at radius 2 is 1.59 bits per heavy atom. The lowest BCUT2D eigenvalue weighted by atomic mass is 10.1. The summed E-state index contributed by atoms with van der Waals surface area (Å²) >= 11 is 0. The first-order valence-corrected chi connectivity index (χ1v) is 10.6. The van der Waals surface area contributed by atoms with Gasteiger partial charge >= 0.3 is 0 Å². The Morgan fingerprint density at radius 1 is 0.938 bits per heavy atom. The Hall–Kier alpha value is -3.68. The van der Waals surface area contributed by atoms with Crippen LogP contribution in [-0.2, 0) is 17.9 Å². The van der Waals surface area contributed by atoms with Crippen molar-refractivity contribution in [3.63, 3.8) is 0 Å². The summed E-state index contributed by atoms with van der Waals surface area (Å²) in [4.78, 5) is 28.9. The SMILES string of the molecule is Cc1ccc(CNC(=O)Cn2nc(N3CCN(c4ccc(F)cc4)CC3)ccc2=O)cc1. The van der Waals surface area contributed by atoms with Gasteiger partial charge in [-0.25, -0.2) is 9.07 Å². The Balaban J connectivity index is 1.35. The number of rotatable bonds is 6. The van der Waals surface area contributed by atoms with Crippen molar-refractivity contribution in [2.24, 2.45) is 0 Å². The summed E-state index contributed by atoms with van der Waals surface area (Å²) in [6.45, 7) is 5.21. The average Bonchev–Trinajstić information content (AvgIpc) is 2.81. The van der Waals surface area contributed by atoms with E-state index in [2.05, 4.69) is 20.2 Å². The van der Waals surface area contributed by atoms with Crippen LogP contribution in [0.25, 0.3) is 0 Å². The Labute approximate surface area is 186 Å². The highest BCUT2D eigenvalue weighted by Crippen LogP contribution is 2.19. The van der Waals surface area contributed by atoms with E-state index in [-0.39, 0.29) is 23.8 Å². The normalized spacial score (nSPS) is 13.8. The number of aromatic nitrogens is 2. The van der Waals surface area contributed by atoms with Crippen LogP contribution in [0.5, 0.6) is 0 Å². The fourth-order valence-electron chi connectivity index (χ4n) is 3.66. The molecule has 0 bridgehead atoms. The van der Waals surface area contributed by atoms with Crippen LogP contribution in [-0.4, -0.2) is 41.9 Å². The van der Waals surface area contributed by atoms with Crippen molar-refractivity contribution in [2.45, 2.75) is 20.0 Å². The lowest BCUT2D eigenvalue weighted by Gasteiger charge is -2.36. The fraction of sp³-hybridized carbons (Fsp3) is 0.292. The zero-order valence-electron chi connectivity index (χ0n) is 18.0. The molecule has 0 radical (unpaired) electrons. The Morgan fingerprint density at radius 3 is 2.28 bits per heavy atom. The van der Waals surface area contributed by atoms with Crippen LogP contribution in [0.3, 0.4) is 0 Å². The molecule has 8 heteroatoms. The van der Waals surface area contributed by atoms with Crippen molar-refractivity contribution in [1.29, 1.82) is 0 Å². The molecule has 1 N–H and O–H groups in total. The molecule has 1 aliphatic heterocycles. The third-order valence-electron chi connectivity index (χ3n) is 5.55. The number of nitrogens with zero attached hydrogens (tertiary/aromatic N) is 4. The van der Waals surface area contributed by atoms with Gasteiger partial charge in [-0.1, -0.05) is 29.8 Å². The summed E-state index contributed by atoms with van der Waals surface area (Å²) in [5.41, 5.74) is 2.82. The van der Waals surface area contributed by atoms with Crippen LogP contribution in [0, 0.1) is 12.7 Å². The minimum Gasteiger partial charge on any atom is -0.368 e. The molecule has 1 amide bonds. The fourth-order valence-corrected chi connectivity index (χ4v) is 3.66. The quantitative estimate of drug-likeness (QED) is 0.644. The molecule has 1 aromatic heterocycles. The number of amides is 1. The van der Waals surface area contributed by atoms with E-state index < -0.39 is 0 Å². The van der Waals surface area contributed by atoms with Crippen molar-refractivity contribution in [3.05, 3.63) is 88.0 Å². The van der Waals surface area contributed by atoms with E-state index in [1.54, 1.807) is 18.2 Å². The van der Waals surface area contributed by atoms with Gasteiger partial charge in [-0.3, -0.25) is 9.59 Å². The van der Waals surface area contributed by atoms with Crippen molar-refractivity contribution >= 4 is 17.4 Å². The van der Waals surface area contributed by atoms with Gasteiger partial charge in [0.05, 0.1) is 0 Å². The predicted molar refractivity (Wildman–Crippen MR) is 122 cm³/mol. The number of nitrogens with one attached hydrogen (secondary N) is 1. The van der Waals surface area contributed by atoms with Gasteiger partial charge in [-0.2, -0.15) is 5.10 Å². The molecule has 2 aromatic carbocycles. The maximum atomic E-state index is 13.2. The van der Waals surface area contributed by atoms with Crippen molar-refractivity contribution in [1.82, 2.24) is 15.1 Å². The number of benzene rings is 2.